The van der Waals surface area contributed by atoms with Crippen LogP contribution in [0, 0.1) is 0 Å². The maximum Gasteiger partial charge on any atom is 0.251 e. The second-order valence-corrected chi connectivity index (χ2v) is 5.56. The van der Waals surface area contributed by atoms with Crippen molar-refractivity contribution < 1.29 is 4.79 Å². The Bertz CT molecular complexity index is 583. The molecule has 1 N–H and O–H groups in total. The molecule has 0 saturated heterocycles. The Hall–Kier alpha value is -1.20. The third kappa shape index (κ3) is 2.97. The number of nitrogens with zero attached hydrogens (tertiary/aromatic N) is 1. The van der Waals surface area contributed by atoms with Crippen molar-refractivity contribution in [3.8, 4) is 0 Å². The SMILES string of the molecule is CSC(=NC(=O)Cc1c[nH]c2ccccc12)SC. The summed E-state index contributed by atoms with van der Waals surface area (Å²) in [6.07, 6.45) is 6.08. The van der Waals surface area contributed by atoms with Gasteiger partial charge in [-0.15, -0.1) is 23.5 Å². The van der Waals surface area contributed by atoms with E-state index in [0.717, 1.165) is 20.8 Å². The lowest BCUT2D eigenvalue weighted by molar-refractivity contribution is -0.117. The van der Waals surface area contributed by atoms with Crippen LogP contribution in [0.5, 0.6) is 0 Å². The number of amides is 1. The van der Waals surface area contributed by atoms with E-state index >= 15 is 0 Å². The average Bonchev–Trinajstić information content (AvgIpc) is 2.79. The second-order valence-electron chi connectivity index (χ2n) is 3.72. The van der Waals surface area contributed by atoms with Crippen LogP contribution in [0.25, 0.3) is 10.9 Å². The molecule has 0 radical (unpaired) electrons. The molecule has 0 unspecified atom stereocenters. The summed E-state index contributed by atoms with van der Waals surface area (Å²) < 4.78 is 0.805. The fraction of sp³-hybridized carbons (Fsp3) is 0.231. The van der Waals surface area contributed by atoms with Crippen LogP contribution in [0.1, 0.15) is 5.56 Å². The summed E-state index contributed by atoms with van der Waals surface area (Å²) in [5.74, 6) is -0.0987. The highest BCUT2D eigenvalue weighted by Crippen LogP contribution is 2.19. The minimum absolute atomic E-state index is 0.0987. The number of fused-ring (bicyclic) bond motifs is 1. The van der Waals surface area contributed by atoms with Gasteiger partial charge in [0.1, 0.15) is 4.38 Å². The van der Waals surface area contributed by atoms with Crippen LogP contribution in [-0.4, -0.2) is 27.8 Å². The van der Waals surface area contributed by atoms with Gasteiger partial charge in [0.15, 0.2) is 0 Å². The predicted octanol–water partition coefficient (Wildman–Crippen LogP) is 3.32. The van der Waals surface area contributed by atoms with Crippen molar-refractivity contribution in [2.45, 2.75) is 6.42 Å². The molecule has 0 atom stereocenters. The van der Waals surface area contributed by atoms with Gasteiger partial charge in [-0.05, 0) is 24.1 Å². The molecule has 0 aliphatic carbocycles. The largest absolute Gasteiger partial charge is 0.361 e. The first-order valence-corrected chi connectivity index (χ1v) is 7.94. The topological polar surface area (TPSA) is 45.2 Å². The number of aromatic amines is 1. The van der Waals surface area contributed by atoms with Gasteiger partial charge in [-0.1, -0.05) is 18.2 Å². The Labute approximate surface area is 114 Å². The van der Waals surface area contributed by atoms with Crippen LogP contribution >= 0.6 is 23.5 Å². The summed E-state index contributed by atoms with van der Waals surface area (Å²) >= 11 is 3.00. The minimum atomic E-state index is -0.0987. The quantitative estimate of drug-likeness (QED) is 0.677. The van der Waals surface area contributed by atoms with E-state index in [1.54, 1.807) is 0 Å². The van der Waals surface area contributed by atoms with E-state index in [2.05, 4.69) is 9.98 Å². The normalized spacial score (nSPS) is 10.6. The van der Waals surface area contributed by atoms with Crippen LogP contribution in [0.3, 0.4) is 0 Å². The van der Waals surface area contributed by atoms with Crippen LogP contribution in [0.2, 0.25) is 0 Å². The van der Waals surface area contributed by atoms with Crippen LogP contribution in [0.4, 0.5) is 0 Å². The third-order valence-electron chi connectivity index (χ3n) is 2.58. The van der Waals surface area contributed by atoms with Gasteiger partial charge in [-0.3, -0.25) is 4.79 Å². The lowest BCUT2D eigenvalue weighted by Crippen LogP contribution is -2.00. The maximum absolute atomic E-state index is 11.9. The molecule has 0 saturated carbocycles. The Kier molecular flexibility index (Phi) is 4.49. The van der Waals surface area contributed by atoms with Crippen molar-refractivity contribution in [3.05, 3.63) is 36.0 Å². The number of aromatic nitrogens is 1. The Morgan fingerprint density at radius 1 is 1.28 bits per heavy atom. The zero-order chi connectivity index (χ0) is 13.0. The van der Waals surface area contributed by atoms with E-state index in [4.69, 9.17) is 0 Å². The second kappa shape index (κ2) is 6.11. The number of carbonyl (C=O) groups is 1. The van der Waals surface area contributed by atoms with Gasteiger partial charge < -0.3 is 4.98 Å². The van der Waals surface area contributed by atoms with Crippen LogP contribution in [0.15, 0.2) is 35.5 Å². The number of thioether (sulfide) groups is 2. The number of hydrogen-bond acceptors (Lipinski definition) is 3. The number of benzene rings is 1. The van der Waals surface area contributed by atoms with Crippen molar-refractivity contribution in [2.24, 2.45) is 4.99 Å². The van der Waals surface area contributed by atoms with Crippen LogP contribution < -0.4 is 0 Å². The molecule has 94 valence electrons. The summed E-state index contributed by atoms with van der Waals surface area (Å²) in [7, 11) is 0. The van der Waals surface area contributed by atoms with Gasteiger partial charge in [-0.2, -0.15) is 4.99 Å². The van der Waals surface area contributed by atoms with E-state index in [-0.39, 0.29) is 5.91 Å². The molecule has 2 rings (SSSR count). The van der Waals surface area contributed by atoms with E-state index in [1.807, 2.05) is 43.0 Å². The number of H-pyrrole nitrogens is 1. The number of hydrogen-bond donors (Lipinski definition) is 1. The summed E-state index contributed by atoms with van der Waals surface area (Å²) in [5.41, 5.74) is 2.06. The molecule has 0 fully saturated rings. The first-order valence-electron chi connectivity index (χ1n) is 5.49. The maximum atomic E-state index is 11.9. The van der Waals surface area contributed by atoms with Gasteiger partial charge in [0.05, 0.1) is 6.42 Å². The van der Waals surface area contributed by atoms with Crippen molar-refractivity contribution in [1.29, 1.82) is 0 Å². The van der Waals surface area contributed by atoms with Gasteiger partial charge >= 0.3 is 0 Å². The smallest absolute Gasteiger partial charge is 0.251 e. The fourth-order valence-electron chi connectivity index (χ4n) is 1.76. The van der Waals surface area contributed by atoms with Crippen molar-refractivity contribution >= 4 is 44.7 Å². The summed E-state index contributed by atoms with van der Waals surface area (Å²) in [4.78, 5) is 19.1. The molecule has 1 aromatic heterocycles. The first kappa shape index (κ1) is 13.2. The third-order valence-corrected chi connectivity index (χ3v) is 4.46. The van der Waals surface area contributed by atoms with E-state index in [1.165, 1.54) is 23.5 Å². The zero-order valence-corrected chi connectivity index (χ0v) is 11.9. The van der Waals surface area contributed by atoms with Crippen LogP contribution in [-0.2, 0) is 11.2 Å². The number of para-hydroxylation sites is 1. The number of carbonyl (C=O) groups excluding carboxylic acids is 1. The monoisotopic (exact) mass is 278 g/mol. The first-order chi connectivity index (χ1) is 8.74. The van der Waals surface area contributed by atoms with Gasteiger partial charge in [0.25, 0.3) is 5.91 Å². The van der Waals surface area contributed by atoms with Crippen molar-refractivity contribution in [3.63, 3.8) is 0 Å². The van der Waals surface area contributed by atoms with Gasteiger partial charge in [0, 0.05) is 17.1 Å². The number of rotatable bonds is 2. The van der Waals surface area contributed by atoms with E-state index in [0.29, 0.717) is 6.42 Å². The molecule has 5 heteroatoms. The molecule has 1 amide bonds. The Morgan fingerprint density at radius 3 is 2.72 bits per heavy atom. The standard InChI is InChI=1S/C13H14N2OS2/c1-17-13(18-2)15-12(16)7-9-8-14-11-6-4-3-5-10(9)11/h3-6,8,14H,7H2,1-2H3. The average molecular weight is 278 g/mol. The highest BCUT2D eigenvalue weighted by atomic mass is 32.2. The van der Waals surface area contributed by atoms with Gasteiger partial charge in [0.2, 0.25) is 0 Å². The minimum Gasteiger partial charge on any atom is -0.361 e. The molecule has 0 spiro atoms. The van der Waals surface area contributed by atoms with Crippen molar-refractivity contribution in [1.82, 2.24) is 4.98 Å². The number of nitrogens with one attached hydrogen (secondary N) is 1. The predicted molar refractivity (Wildman–Crippen MR) is 81.5 cm³/mol. The summed E-state index contributed by atoms with van der Waals surface area (Å²) in [6.45, 7) is 0. The Balaban J connectivity index is 2.19. The van der Waals surface area contributed by atoms with Crippen molar-refractivity contribution in [2.75, 3.05) is 12.5 Å². The molecule has 0 aliphatic rings. The molecule has 18 heavy (non-hydrogen) atoms. The molecular weight excluding hydrogens is 264 g/mol. The number of aliphatic imine (C=N–C) groups is 1. The molecule has 1 aromatic carbocycles. The zero-order valence-electron chi connectivity index (χ0n) is 10.3. The fourth-order valence-corrected chi connectivity index (χ4v) is 2.81. The molecule has 2 aromatic rings. The summed E-state index contributed by atoms with van der Waals surface area (Å²) in [5, 5.41) is 1.09. The molecule has 1 heterocycles. The summed E-state index contributed by atoms with van der Waals surface area (Å²) in [6, 6.07) is 7.97. The highest BCUT2D eigenvalue weighted by Gasteiger charge is 2.08. The lowest BCUT2D eigenvalue weighted by Gasteiger charge is -1.98. The lowest BCUT2D eigenvalue weighted by atomic mass is 10.1. The van der Waals surface area contributed by atoms with E-state index < -0.39 is 0 Å². The molecule has 0 bridgehead atoms. The van der Waals surface area contributed by atoms with Gasteiger partial charge in [-0.25, -0.2) is 0 Å². The molecule has 3 nitrogen and oxygen atoms in total. The Morgan fingerprint density at radius 2 is 2.00 bits per heavy atom. The van der Waals surface area contributed by atoms with E-state index in [9.17, 15) is 4.79 Å². The molecular formula is C13H14N2OS2. The highest BCUT2D eigenvalue weighted by molar-refractivity contribution is 8.38. The molecule has 0 aliphatic heterocycles.